The zero-order chi connectivity index (χ0) is 13.0. The monoisotopic (exact) mass is 304 g/mol. The molecule has 0 unspecified atom stereocenters. The van der Waals surface area contributed by atoms with Crippen molar-refractivity contribution in [1.82, 2.24) is 0 Å². The average Bonchev–Trinajstić information content (AvgIpc) is 2.46. The van der Waals surface area contributed by atoms with Crippen LogP contribution in [0.5, 0.6) is 0 Å². The first-order chi connectivity index (χ1) is 8.77. The van der Waals surface area contributed by atoms with Crippen LogP contribution in [0.1, 0.15) is 15.9 Å². The van der Waals surface area contributed by atoms with Crippen molar-refractivity contribution in [3.63, 3.8) is 0 Å². The zero-order valence-electron chi connectivity index (χ0n) is 10.0. The number of methoxy groups -OCH3 is 1. The number of alkyl halides is 1. The lowest BCUT2D eigenvalue weighted by molar-refractivity contribution is 0.0600. The van der Waals surface area contributed by atoms with Crippen LogP contribution in [0, 0.1) is 0 Å². The first-order valence-corrected chi connectivity index (χ1v) is 6.71. The summed E-state index contributed by atoms with van der Waals surface area (Å²) in [5, 5.41) is 0.614. The third-order valence-electron chi connectivity index (χ3n) is 2.80. The van der Waals surface area contributed by atoms with Gasteiger partial charge in [0.05, 0.1) is 12.7 Å². The van der Waals surface area contributed by atoms with Gasteiger partial charge in [-0.3, -0.25) is 0 Å². The molecule has 0 fully saturated rings. The van der Waals surface area contributed by atoms with Crippen LogP contribution in [0.3, 0.4) is 0 Å². The van der Waals surface area contributed by atoms with Crippen molar-refractivity contribution in [1.29, 1.82) is 0 Å². The lowest BCUT2D eigenvalue weighted by Gasteiger charge is -2.11. The van der Waals surface area contributed by atoms with E-state index in [0.717, 1.165) is 16.7 Å². The van der Waals surface area contributed by atoms with E-state index in [9.17, 15) is 4.79 Å². The number of rotatable bonds is 3. The Morgan fingerprint density at radius 2 is 1.83 bits per heavy atom. The van der Waals surface area contributed by atoms with Gasteiger partial charge < -0.3 is 4.74 Å². The van der Waals surface area contributed by atoms with Gasteiger partial charge in [-0.2, -0.15) is 0 Å². The van der Waals surface area contributed by atoms with Crippen LogP contribution in [0.15, 0.2) is 48.5 Å². The summed E-state index contributed by atoms with van der Waals surface area (Å²) in [6.07, 6.45) is 0. The van der Waals surface area contributed by atoms with E-state index in [1.807, 2.05) is 42.5 Å². The zero-order valence-corrected chi connectivity index (χ0v) is 11.6. The Bertz CT molecular complexity index is 550. The molecule has 2 rings (SSSR count). The number of ether oxygens (including phenoxy) is 1. The highest BCUT2D eigenvalue weighted by atomic mass is 79.9. The molecule has 0 heterocycles. The maximum absolute atomic E-state index is 11.7. The van der Waals surface area contributed by atoms with E-state index >= 15 is 0 Å². The molecule has 0 saturated heterocycles. The fourth-order valence-electron chi connectivity index (χ4n) is 1.92. The first kappa shape index (κ1) is 12.8. The van der Waals surface area contributed by atoms with Crippen LogP contribution in [0.2, 0.25) is 0 Å². The Morgan fingerprint density at radius 3 is 2.44 bits per heavy atom. The van der Waals surface area contributed by atoms with Crippen molar-refractivity contribution >= 4 is 21.9 Å². The van der Waals surface area contributed by atoms with Crippen molar-refractivity contribution in [2.45, 2.75) is 5.33 Å². The molecule has 2 nitrogen and oxygen atoms in total. The van der Waals surface area contributed by atoms with E-state index in [1.165, 1.54) is 7.11 Å². The van der Waals surface area contributed by atoms with Gasteiger partial charge in [-0.1, -0.05) is 58.4 Å². The molecule has 2 aromatic carbocycles. The molecular formula is C15H13BrO2. The molecular weight excluding hydrogens is 292 g/mol. The molecule has 92 valence electrons. The summed E-state index contributed by atoms with van der Waals surface area (Å²) in [4.78, 5) is 11.7. The molecule has 0 radical (unpaired) electrons. The summed E-state index contributed by atoms with van der Waals surface area (Å²) in [5.74, 6) is -0.303. The highest BCUT2D eigenvalue weighted by Crippen LogP contribution is 2.28. The Hall–Kier alpha value is -1.61. The Kier molecular flexibility index (Phi) is 4.15. The summed E-state index contributed by atoms with van der Waals surface area (Å²) >= 11 is 3.45. The largest absolute Gasteiger partial charge is 0.465 e. The fourth-order valence-corrected chi connectivity index (χ4v) is 2.52. The third-order valence-corrected chi connectivity index (χ3v) is 3.36. The van der Waals surface area contributed by atoms with Crippen molar-refractivity contribution < 1.29 is 9.53 Å². The smallest absolute Gasteiger partial charge is 0.338 e. The van der Waals surface area contributed by atoms with E-state index in [4.69, 9.17) is 4.74 Å². The standard InChI is InChI=1S/C15H13BrO2/c1-18-15(17)13-9-5-8-12(14(13)10-16)11-6-3-2-4-7-11/h2-9H,10H2,1H3. The second kappa shape index (κ2) is 5.83. The predicted octanol–water partition coefficient (Wildman–Crippen LogP) is 4.04. The van der Waals surface area contributed by atoms with E-state index in [2.05, 4.69) is 15.9 Å². The first-order valence-electron chi connectivity index (χ1n) is 5.59. The molecule has 0 aliphatic rings. The van der Waals surface area contributed by atoms with Gasteiger partial charge in [0.1, 0.15) is 0 Å². The average molecular weight is 305 g/mol. The molecule has 0 N–H and O–H groups in total. The molecule has 0 spiro atoms. The summed E-state index contributed by atoms with van der Waals surface area (Å²) in [7, 11) is 1.40. The molecule has 18 heavy (non-hydrogen) atoms. The van der Waals surface area contributed by atoms with Gasteiger partial charge in [-0.25, -0.2) is 4.79 Å². The second-order valence-corrected chi connectivity index (χ2v) is 4.38. The van der Waals surface area contributed by atoms with Gasteiger partial charge in [0.2, 0.25) is 0 Å². The minimum atomic E-state index is -0.303. The quantitative estimate of drug-likeness (QED) is 0.632. The Labute approximate surface area is 115 Å². The fraction of sp³-hybridized carbons (Fsp3) is 0.133. The van der Waals surface area contributed by atoms with Gasteiger partial charge in [-0.15, -0.1) is 0 Å². The number of carbonyl (C=O) groups excluding carboxylic acids is 1. The summed E-state index contributed by atoms with van der Waals surface area (Å²) in [6, 6.07) is 15.7. The van der Waals surface area contributed by atoms with Crippen LogP contribution < -0.4 is 0 Å². The van der Waals surface area contributed by atoms with Crippen LogP contribution >= 0.6 is 15.9 Å². The molecule has 0 amide bonds. The normalized spacial score (nSPS) is 10.1. The van der Waals surface area contributed by atoms with E-state index < -0.39 is 0 Å². The lowest BCUT2D eigenvalue weighted by Crippen LogP contribution is -2.05. The number of carbonyl (C=O) groups is 1. The molecule has 3 heteroatoms. The highest BCUT2D eigenvalue weighted by molar-refractivity contribution is 9.08. The number of hydrogen-bond acceptors (Lipinski definition) is 2. The molecule has 0 saturated carbocycles. The maximum atomic E-state index is 11.7. The summed E-state index contributed by atoms with van der Waals surface area (Å²) in [6.45, 7) is 0. The van der Waals surface area contributed by atoms with Crippen molar-refractivity contribution in [3.05, 3.63) is 59.7 Å². The van der Waals surface area contributed by atoms with E-state index in [0.29, 0.717) is 10.9 Å². The second-order valence-electron chi connectivity index (χ2n) is 3.82. The van der Waals surface area contributed by atoms with Crippen molar-refractivity contribution in [2.24, 2.45) is 0 Å². The summed E-state index contributed by atoms with van der Waals surface area (Å²) in [5.41, 5.74) is 3.71. The molecule has 0 aliphatic carbocycles. The highest BCUT2D eigenvalue weighted by Gasteiger charge is 2.14. The molecule has 0 atom stereocenters. The van der Waals surface area contributed by atoms with Crippen LogP contribution in [-0.2, 0) is 10.1 Å². The van der Waals surface area contributed by atoms with Crippen LogP contribution in [0.4, 0.5) is 0 Å². The SMILES string of the molecule is COC(=O)c1cccc(-c2ccccc2)c1CBr. The lowest BCUT2D eigenvalue weighted by atomic mass is 9.96. The van der Waals surface area contributed by atoms with Gasteiger partial charge in [0, 0.05) is 5.33 Å². The number of hydrogen-bond donors (Lipinski definition) is 0. The van der Waals surface area contributed by atoms with Gasteiger partial charge in [-0.05, 0) is 22.8 Å². The maximum Gasteiger partial charge on any atom is 0.338 e. The van der Waals surface area contributed by atoms with Gasteiger partial charge in [0.25, 0.3) is 0 Å². The van der Waals surface area contributed by atoms with Crippen LogP contribution in [-0.4, -0.2) is 13.1 Å². The van der Waals surface area contributed by atoms with Gasteiger partial charge in [0.15, 0.2) is 0 Å². The third kappa shape index (κ3) is 2.46. The minimum Gasteiger partial charge on any atom is -0.465 e. The van der Waals surface area contributed by atoms with Crippen molar-refractivity contribution in [3.8, 4) is 11.1 Å². The van der Waals surface area contributed by atoms with Crippen molar-refractivity contribution in [2.75, 3.05) is 7.11 Å². The van der Waals surface area contributed by atoms with E-state index in [1.54, 1.807) is 6.07 Å². The minimum absolute atomic E-state index is 0.303. The topological polar surface area (TPSA) is 26.3 Å². The van der Waals surface area contributed by atoms with Crippen LogP contribution in [0.25, 0.3) is 11.1 Å². The molecule has 2 aromatic rings. The Balaban J connectivity index is 2.59. The number of esters is 1. The number of halogens is 1. The molecule has 0 aromatic heterocycles. The van der Waals surface area contributed by atoms with E-state index in [-0.39, 0.29) is 5.97 Å². The van der Waals surface area contributed by atoms with Gasteiger partial charge >= 0.3 is 5.97 Å². The molecule has 0 bridgehead atoms. The summed E-state index contributed by atoms with van der Waals surface area (Å²) < 4.78 is 4.81. The molecule has 0 aliphatic heterocycles. The number of benzene rings is 2. The Morgan fingerprint density at radius 1 is 1.11 bits per heavy atom. The predicted molar refractivity (Wildman–Crippen MR) is 75.8 cm³/mol.